The summed E-state index contributed by atoms with van der Waals surface area (Å²) in [5, 5.41) is 20.2. The number of hydrogen-bond acceptors (Lipinski definition) is 3. The van der Waals surface area contributed by atoms with Crippen molar-refractivity contribution in [2.24, 2.45) is 17.8 Å². The Bertz CT molecular complexity index is 350. The molecule has 0 rings (SSSR count). The summed E-state index contributed by atoms with van der Waals surface area (Å²) in [6, 6.07) is 0. The highest BCUT2D eigenvalue weighted by molar-refractivity contribution is 5.54. The van der Waals surface area contributed by atoms with E-state index in [4.69, 9.17) is 0 Å². The van der Waals surface area contributed by atoms with Crippen LogP contribution in [0.25, 0.3) is 0 Å². The van der Waals surface area contributed by atoms with Gasteiger partial charge in [0, 0.05) is 5.92 Å². The van der Waals surface area contributed by atoms with E-state index < -0.39 is 11.7 Å². The van der Waals surface area contributed by atoms with Gasteiger partial charge in [0.2, 0.25) is 0 Å². The first-order chi connectivity index (χ1) is 10.6. The third kappa shape index (κ3) is 11.5. The second-order valence-corrected chi connectivity index (χ2v) is 8.16. The molecule has 0 aromatic heterocycles. The molecule has 0 heterocycles. The molecular weight excluding hydrogens is 288 g/mol. The molecule has 0 fully saturated rings. The molecule has 136 valence electrons. The first-order valence-electron chi connectivity index (χ1n) is 9.06. The highest BCUT2D eigenvalue weighted by Crippen LogP contribution is 2.26. The van der Waals surface area contributed by atoms with Gasteiger partial charge in [0.05, 0.1) is 11.7 Å². The Labute approximate surface area is 143 Å². The fourth-order valence-electron chi connectivity index (χ4n) is 3.00. The van der Waals surface area contributed by atoms with E-state index in [2.05, 4.69) is 26.8 Å². The van der Waals surface area contributed by atoms with Gasteiger partial charge in [-0.1, -0.05) is 31.9 Å². The monoisotopic (exact) mass is 326 g/mol. The predicted octanol–water partition coefficient (Wildman–Crippen LogP) is 4.51. The Morgan fingerprint density at radius 3 is 2.26 bits per heavy atom. The lowest BCUT2D eigenvalue weighted by Gasteiger charge is -2.27. The van der Waals surface area contributed by atoms with Crippen LogP contribution in [0.3, 0.4) is 0 Å². The number of aldehydes is 1. The first-order valence-corrected chi connectivity index (χ1v) is 9.06. The van der Waals surface area contributed by atoms with Crippen LogP contribution in [0, 0.1) is 17.8 Å². The van der Waals surface area contributed by atoms with Gasteiger partial charge in [0.1, 0.15) is 6.29 Å². The molecule has 0 aliphatic rings. The lowest BCUT2D eigenvalue weighted by atomic mass is 9.82. The van der Waals surface area contributed by atoms with Crippen molar-refractivity contribution in [2.45, 2.75) is 91.8 Å². The predicted molar refractivity (Wildman–Crippen MR) is 97.3 cm³/mol. The molecule has 0 spiro atoms. The van der Waals surface area contributed by atoms with Gasteiger partial charge in [-0.2, -0.15) is 0 Å². The smallest absolute Gasteiger partial charge is 0.125 e. The Morgan fingerprint density at radius 1 is 1.17 bits per heavy atom. The van der Waals surface area contributed by atoms with Gasteiger partial charge in [-0.3, -0.25) is 0 Å². The molecule has 23 heavy (non-hydrogen) atoms. The number of aliphatic hydroxyl groups is 2. The molecule has 0 aliphatic carbocycles. The van der Waals surface area contributed by atoms with Crippen LogP contribution < -0.4 is 0 Å². The molecule has 3 nitrogen and oxygen atoms in total. The van der Waals surface area contributed by atoms with Gasteiger partial charge >= 0.3 is 0 Å². The maximum atomic E-state index is 11.4. The summed E-state index contributed by atoms with van der Waals surface area (Å²) in [5.74, 6) is 0.254. The normalized spacial score (nSPS) is 17.2. The lowest BCUT2D eigenvalue weighted by Crippen LogP contribution is -2.30. The number of allylic oxidation sites excluding steroid dienone is 2. The number of carbonyl (C=O) groups excluding carboxylic acids is 1. The fraction of sp³-hybridized carbons (Fsp3) is 0.850. The minimum atomic E-state index is -0.658. The summed E-state index contributed by atoms with van der Waals surface area (Å²) < 4.78 is 0. The zero-order valence-corrected chi connectivity index (χ0v) is 16.0. The minimum Gasteiger partial charge on any atom is -0.392 e. The molecule has 0 amide bonds. The van der Waals surface area contributed by atoms with Crippen molar-refractivity contribution in [1.29, 1.82) is 0 Å². The molecule has 0 aromatic carbocycles. The van der Waals surface area contributed by atoms with Crippen LogP contribution >= 0.6 is 0 Å². The molecule has 0 saturated carbocycles. The summed E-state index contributed by atoms with van der Waals surface area (Å²) in [5.41, 5.74) is 0.665. The number of hydrogen-bond donors (Lipinski definition) is 2. The molecule has 3 heteroatoms. The highest BCUT2D eigenvalue weighted by Gasteiger charge is 2.26. The van der Waals surface area contributed by atoms with Crippen LogP contribution in [0.2, 0.25) is 0 Å². The van der Waals surface area contributed by atoms with Crippen LogP contribution in [0.5, 0.6) is 0 Å². The van der Waals surface area contributed by atoms with Crippen LogP contribution in [-0.2, 0) is 4.79 Å². The standard InChI is InChI=1S/C20H38O3/c1-15(2)9-7-10-16(3)13-19(22)18(14-21)17(4)11-8-12-20(5,6)23/h9,14,16-19,22-23H,7-8,10-13H2,1-6H3. The van der Waals surface area contributed by atoms with Gasteiger partial charge in [0.25, 0.3) is 0 Å². The van der Waals surface area contributed by atoms with Crippen molar-refractivity contribution in [2.75, 3.05) is 0 Å². The molecule has 0 aliphatic heterocycles. The van der Waals surface area contributed by atoms with Crippen LogP contribution in [-0.4, -0.2) is 28.2 Å². The average molecular weight is 327 g/mol. The molecule has 0 radical (unpaired) electrons. The maximum Gasteiger partial charge on any atom is 0.125 e. The zero-order valence-electron chi connectivity index (χ0n) is 16.0. The summed E-state index contributed by atoms with van der Waals surface area (Å²) in [7, 11) is 0. The van der Waals surface area contributed by atoms with Crippen LogP contribution in [0.4, 0.5) is 0 Å². The SMILES string of the molecule is CC(C)=CCCC(C)CC(O)C(C=O)C(C)CCCC(C)(C)O. The molecular formula is C20H38O3. The molecule has 0 bridgehead atoms. The van der Waals surface area contributed by atoms with Gasteiger partial charge in [-0.25, -0.2) is 0 Å². The van der Waals surface area contributed by atoms with E-state index in [9.17, 15) is 15.0 Å². The van der Waals surface area contributed by atoms with Crippen molar-refractivity contribution in [3.63, 3.8) is 0 Å². The molecule has 4 unspecified atom stereocenters. The Hall–Kier alpha value is -0.670. The van der Waals surface area contributed by atoms with E-state index in [0.29, 0.717) is 12.3 Å². The van der Waals surface area contributed by atoms with Crippen molar-refractivity contribution in [3.05, 3.63) is 11.6 Å². The Balaban J connectivity index is 4.30. The Morgan fingerprint density at radius 2 is 1.78 bits per heavy atom. The van der Waals surface area contributed by atoms with Gasteiger partial charge in [-0.05, 0) is 71.6 Å². The lowest BCUT2D eigenvalue weighted by molar-refractivity contribution is -0.116. The van der Waals surface area contributed by atoms with E-state index in [-0.39, 0.29) is 11.8 Å². The van der Waals surface area contributed by atoms with Gasteiger partial charge < -0.3 is 15.0 Å². The van der Waals surface area contributed by atoms with Crippen molar-refractivity contribution in [1.82, 2.24) is 0 Å². The van der Waals surface area contributed by atoms with Crippen LogP contribution in [0.15, 0.2) is 11.6 Å². The van der Waals surface area contributed by atoms with Crippen molar-refractivity contribution < 1.29 is 15.0 Å². The number of rotatable bonds is 12. The second-order valence-electron chi connectivity index (χ2n) is 8.16. The van der Waals surface area contributed by atoms with E-state index in [1.807, 2.05) is 6.92 Å². The van der Waals surface area contributed by atoms with E-state index in [1.165, 1.54) is 5.57 Å². The largest absolute Gasteiger partial charge is 0.392 e. The maximum absolute atomic E-state index is 11.4. The quantitative estimate of drug-likeness (QED) is 0.410. The minimum absolute atomic E-state index is 0.148. The van der Waals surface area contributed by atoms with Crippen molar-refractivity contribution in [3.8, 4) is 0 Å². The fourth-order valence-corrected chi connectivity index (χ4v) is 3.00. The molecule has 4 atom stereocenters. The second kappa shape index (κ2) is 11.0. The van der Waals surface area contributed by atoms with Crippen molar-refractivity contribution >= 4 is 6.29 Å². The zero-order chi connectivity index (χ0) is 18.0. The highest BCUT2D eigenvalue weighted by atomic mass is 16.3. The Kier molecular flexibility index (Phi) is 10.7. The topological polar surface area (TPSA) is 57.5 Å². The summed E-state index contributed by atoms with van der Waals surface area (Å²) in [6.07, 6.45) is 7.78. The van der Waals surface area contributed by atoms with E-state index in [1.54, 1.807) is 13.8 Å². The van der Waals surface area contributed by atoms with Crippen LogP contribution in [0.1, 0.15) is 80.1 Å². The van der Waals surface area contributed by atoms with E-state index >= 15 is 0 Å². The first kappa shape index (κ1) is 22.3. The summed E-state index contributed by atoms with van der Waals surface area (Å²) in [4.78, 5) is 11.4. The summed E-state index contributed by atoms with van der Waals surface area (Å²) >= 11 is 0. The number of aliphatic hydroxyl groups excluding tert-OH is 1. The molecule has 0 aromatic rings. The third-order valence-corrected chi connectivity index (χ3v) is 4.56. The summed E-state index contributed by atoms with van der Waals surface area (Å²) in [6.45, 7) is 12.0. The number of carbonyl (C=O) groups is 1. The van der Waals surface area contributed by atoms with E-state index in [0.717, 1.165) is 38.4 Å². The van der Waals surface area contributed by atoms with Gasteiger partial charge in [0.15, 0.2) is 0 Å². The van der Waals surface area contributed by atoms with Gasteiger partial charge in [-0.15, -0.1) is 0 Å². The molecule has 2 N–H and O–H groups in total. The molecule has 0 saturated heterocycles. The third-order valence-electron chi connectivity index (χ3n) is 4.56. The average Bonchev–Trinajstić information content (AvgIpc) is 2.37.